The van der Waals surface area contributed by atoms with Gasteiger partial charge in [0, 0.05) is 25.2 Å². The number of fused-ring (bicyclic) bond motifs is 1. The molecule has 1 atom stereocenters. The Labute approximate surface area is 95.5 Å². The Kier molecular flexibility index (Phi) is 2.68. The molecule has 86 valence electrons. The Morgan fingerprint density at radius 1 is 1.31 bits per heavy atom. The molecular weight excluding hydrogens is 200 g/mol. The van der Waals surface area contributed by atoms with Gasteiger partial charge in [0.15, 0.2) is 5.65 Å². The smallest absolute Gasteiger partial charge is 0.160 e. The number of hydrogen-bond donors (Lipinski definition) is 1. The normalized spacial score (nSPS) is 13.6. The fraction of sp³-hybridized carbons (Fsp3) is 0.500. The zero-order valence-electron chi connectivity index (χ0n) is 10.2. The topological polar surface area (TPSA) is 56.7 Å². The van der Waals surface area contributed by atoms with E-state index >= 15 is 0 Å². The minimum Gasteiger partial charge on any atom is -0.324 e. The Hall–Kier alpha value is -1.42. The quantitative estimate of drug-likeness (QED) is 0.840. The molecule has 0 aliphatic heterocycles. The SMILES string of the molecule is CC(C)c1nc2c(C(C)N)ccnc2n1C. The molecule has 2 aromatic heterocycles. The van der Waals surface area contributed by atoms with Crippen LogP contribution in [0.3, 0.4) is 0 Å². The van der Waals surface area contributed by atoms with Crippen molar-refractivity contribution in [2.24, 2.45) is 12.8 Å². The highest BCUT2D eigenvalue weighted by atomic mass is 15.1. The third-order valence-electron chi connectivity index (χ3n) is 2.83. The van der Waals surface area contributed by atoms with Gasteiger partial charge in [0.1, 0.15) is 11.3 Å². The summed E-state index contributed by atoms with van der Waals surface area (Å²) in [6.07, 6.45) is 1.80. The van der Waals surface area contributed by atoms with Gasteiger partial charge in [0.05, 0.1) is 0 Å². The Balaban J connectivity index is 2.75. The van der Waals surface area contributed by atoms with Gasteiger partial charge in [-0.25, -0.2) is 9.97 Å². The van der Waals surface area contributed by atoms with E-state index in [0.29, 0.717) is 5.92 Å². The molecule has 0 bridgehead atoms. The monoisotopic (exact) mass is 218 g/mol. The predicted octanol–water partition coefficient (Wildman–Crippen LogP) is 2.11. The molecule has 4 nitrogen and oxygen atoms in total. The van der Waals surface area contributed by atoms with Gasteiger partial charge in [-0.2, -0.15) is 0 Å². The molecule has 16 heavy (non-hydrogen) atoms. The molecule has 0 amide bonds. The van der Waals surface area contributed by atoms with E-state index in [2.05, 4.69) is 23.8 Å². The summed E-state index contributed by atoms with van der Waals surface area (Å²) < 4.78 is 2.05. The van der Waals surface area contributed by atoms with E-state index in [0.717, 1.165) is 22.6 Å². The number of aromatic nitrogens is 3. The van der Waals surface area contributed by atoms with E-state index in [-0.39, 0.29) is 6.04 Å². The van der Waals surface area contributed by atoms with Gasteiger partial charge >= 0.3 is 0 Å². The summed E-state index contributed by atoms with van der Waals surface area (Å²) in [6.45, 7) is 6.23. The molecular formula is C12H18N4. The first-order chi connectivity index (χ1) is 7.52. The molecule has 4 heteroatoms. The van der Waals surface area contributed by atoms with Crippen LogP contribution in [0.5, 0.6) is 0 Å². The van der Waals surface area contributed by atoms with Gasteiger partial charge in [0.25, 0.3) is 0 Å². The Morgan fingerprint density at radius 2 is 2.00 bits per heavy atom. The predicted molar refractivity (Wildman–Crippen MR) is 65.2 cm³/mol. The van der Waals surface area contributed by atoms with Gasteiger partial charge in [-0.05, 0) is 18.6 Å². The number of imidazole rings is 1. The second-order valence-electron chi connectivity index (χ2n) is 4.54. The highest BCUT2D eigenvalue weighted by Crippen LogP contribution is 2.24. The van der Waals surface area contributed by atoms with Crippen molar-refractivity contribution < 1.29 is 0 Å². The first-order valence-electron chi connectivity index (χ1n) is 5.59. The van der Waals surface area contributed by atoms with Crippen LogP contribution in [0.25, 0.3) is 11.2 Å². The van der Waals surface area contributed by atoms with Crippen molar-refractivity contribution >= 4 is 11.2 Å². The zero-order chi connectivity index (χ0) is 11.9. The average molecular weight is 218 g/mol. The van der Waals surface area contributed by atoms with Crippen LogP contribution in [0.2, 0.25) is 0 Å². The van der Waals surface area contributed by atoms with E-state index in [1.54, 1.807) is 6.20 Å². The lowest BCUT2D eigenvalue weighted by Gasteiger charge is -2.05. The summed E-state index contributed by atoms with van der Waals surface area (Å²) in [5, 5.41) is 0. The molecule has 2 aromatic rings. The van der Waals surface area contributed by atoms with Crippen molar-refractivity contribution in [1.29, 1.82) is 0 Å². The highest BCUT2D eigenvalue weighted by molar-refractivity contribution is 5.76. The van der Waals surface area contributed by atoms with Gasteiger partial charge in [-0.15, -0.1) is 0 Å². The van der Waals surface area contributed by atoms with Crippen LogP contribution in [0.15, 0.2) is 12.3 Å². The first-order valence-corrected chi connectivity index (χ1v) is 5.59. The van der Waals surface area contributed by atoms with Crippen molar-refractivity contribution in [3.8, 4) is 0 Å². The highest BCUT2D eigenvalue weighted by Gasteiger charge is 2.15. The van der Waals surface area contributed by atoms with Crippen LogP contribution in [0.1, 0.15) is 44.1 Å². The molecule has 0 saturated carbocycles. The number of rotatable bonds is 2. The van der Waals surface area contributed by atoms with Crippen molar-refractivity contribution in [1.82, 2.24) is 14.5 Å². The number of hydrogen-bond acceptors (Lipinski definition) is 3. The molecule has 0 fully saturated rings. The largest absolute Gasteiger partial charge is 0.324 e. The lowest BCUT2D eigenvalue weighted by atomic mass is 10.1. The van der Waals surface area contributed by atoms with E-state index in [1.165, 1.54) is 0 Å². The van der Waals surface area contributed by atoms with E-state index < -0.39 is 0 Å². The summed E-state index contributed by atoms with van der Waals surface area (Å²) in [5.74, 6) is 1.44. The number of pyridine rings is 1. The number of nitrogens with zero attached hydrogens (tertiary/aromatic N) is 3. The van der Waals surface area contributed by atoms with Gasteiger partial charge < -0.3 is 10.3 Å². The van der Waals surface area contributed by atoms with Gasteiger partial charge in [0.2, 0.25) is 0 Å². The van der Waals surface area contributed by atoms with Crippen molar-refractivity contribution in [3.05, 3.63) is 23.7 Å². The molecule has 0 radical (unpaired) electrons. The van der Waals surface area contributed by atoms with Crippen LogP contribution in [0, 0.1) is 0 Å². The molecule has 2 rings (SSSR count). The molecule has 0 spiro atoms. The molecule has 0 aromatic carbocycles. The average Bonchev–Trinajstić information content (AvgIpc) is 2.56. The lowest BCUT2D eigenvalue weighted by Crippen LogP contribution is -2.06. The molecule has 0 aliphatic rings. The van der Waals surface area contributed by atoms with Crippen LogP contribution >= 0.6 is 0 Å². The molecule has 0 aliphatic carbocycles. The van der Waals surface area contributed by atoms with Gasteiger partial charge in [-0.1, -0.05) is 13.8 Å². The maximum atomic E-state index is 5.94. The maximum absolute atomic E-state index is 5.94. The third kappa shape index (κ3) is 1.59. The molecule has 0 saturated heterocycles. The van der Waals surface area contributed by atoms with E-state index in [4.69, 9.17) is 5.73 Å². The summed E-state index contributed by atoms with van der Waals surface area (Å²) in [4.78, 5) is 9.03. The summed E-state index contributed by atoms with van der Waals surface area (Å²) in [6, 6.07) is 1.94. The lowest BCUT2D eigenvalue weighted by molar-refractivity contribution is 0.719. The summed E-state index contributed by atoms with van der Waals surface area (Å²) >= 11 is 0. The molecule has 2 heterocycles. The second-order valence-corrected chi connectivity index (χ2v) is 4.54. The fourth-order valence-corrected chi connectivity index (χ4v) is 2.00. The van der Waals surface area contributed by atoms with Crippen LogP contribution in [-0.2, 0) is 7.05 Å². The van der Waals surface area contributed by atoms with Crippen molar-refractivity contribution in [2.75, 3.05) is 0 Å². The van der Waals surface area contributed by atoms with Crippen LogP contribution < -0.4 is 5.73 Å². The third-order valence-corrected chi connectivity index (χ3v) is 2.83. The fourth-order valence-electron chi connectivity index (χ4n) is 2.00. The van der Waals surface area contributed by atoms with Crippen LogP contribution in [0.4, 0.5) is 0 Å². The number of aryl methyl sites for hydroxylation is 1. The van der Waals surface area contributed by atoms with Crippen LogP contribution in [-0.4, -0.2) is 14.5 Å². The first kappa shape index (κ1) is 11.1. The Morgan fingerprint density at radius 3 is 2.56 bits per heavy atom. The van der Waals surface area contributed by atoms with Crippen molar-refractivity contribution in [2.45, 2.75) is 32.7 Å². The summed E-state index contributed by atoms with van der Waals surface area (Å²) in [5.41, 5.74) is 8.85. The Bertz CT molecular complexity index is 511. The van der Waals surface area contributed by atoms with E-state index in [9.17, 15) is 0 Å². The zero-order valence-corrected chi connectivity index (χ0v) is 10.2. The van der Waals surface area contributed by atoms with E-state index in [1.807, 2.05) is 24.6 Å². The minimum atomic E-state index is -0.0135. The second kappa shape index (κ2) is 3.87. The molecule has 2 N–H and O–H groups in total. The van der Waals surface area contributed by atoms with Crippen molar-refractivity contribution in [3.63, 3.8) is 0 Å². The number of nitrogens with two attached hydrogens (primary N) is 1. The standard InChI is InChI=1S/C12H18N4/c1-7(2)11-15-10-9(8(3)13)5-6-14-12(10)16(11)4/h5-8H,13H2,1-4H3. The van der Waals surface area contributed by atoms with Gasteiger partial charge in [-0.3, -0.25) is 0 Å². The minimum absolute atomic E-state index is 0.0135. The maximum Gasteiger partial charge on any atom is 0.160 e. The summed E-state index contributed by atoms with van der Waals surface area (Å²) in [7, 11) is 2.00. The molecule has 1 unspecified atom stereocenters.